The van der Waals surface area contributed by atoms with Gasteiger partial charge in [-0.25, -0.2) is 0 Å². The minimum atomic E-state index is 1.02. The Morgan fingerprint density at radius 1 is 0.380 bits per heavy atom. The van der Waals surface area contributed by atoms with Crippen molar-refractivity contribution in [3.63, 3.8) is 0 Å². The Labute approximate surface area is 292 Å². The standard InChI is InChI=1S/C50H36/c1-2-14-38-31-40(28-23-33(38)11-1)50-46-20-8-7-19-45(46)49(37-26-24-36(25-27-37)43-21-9-15-34-12-3-5-17-41(34)43)48-32-39(29-30-47(48)50)44-22-10-16-35-13-4-6-18-42(35)44/h1-8,10-20,22-24,26,28-32H,9,21,25,27H2. The lowest BCUT2D eigenvalue weighted by Crippen LogP contribution is -2.29. The summed E-state index contributed by atoms with van der Waals surface area (Å²) in [6.45, 7) is 0. The summed E-state index contributed by atoms with van der Waals surface area (Å²) in [6.07, 6.45) is 11.6. The molecule has 8 aromatic carbocycles. The highest BCUT2D eigenvalue weighted by atomic mass is 14.2. The van der Waals surface area contributed by atoms with Crippen LogP contribution in [0.15, 0.2) is 169 Å². The first-order chi connectivity index (χ1) is 24.8. The van der Waals surface area contributed by atoms with E-state index in [4.69, 9.17) is 0 Å². The van der Waals surface area contributed by atoms with E-state index in [0.717, 1.165) is 25.7 Å². The van der Waals surface area contributed by atoms with Crippen LogP contribution in [0.1, 0.15) is 31.2 Å². The largest absolute Gasteiger partial charge is 0.0763 e. The average molecular weight is 637 g/mol. The Morgan fingerprint density at radius 2 is 1.04 bits per heavy atom. The molecule has 0 unspecified atom stereocenters. The molecule has 0 heterocycles. The summed E-state index contributed by atoms with van der Waals surface area (Å²) in [5.74, 6) is 0. The Balaban J connectivity index is 1.25. The maximum absolute atomic E-state index is 2.48. The van der Waals surface area contributed by atoms with Crippen LogP contribution in [0.2, 0.25) is 0 Å². The van der Waals surface area contributed by atoms with Gasteiger partial charge in [0.15, 0.2) is 0 Å². The summed E-state index contributed by atoms with van der Waals surface area (Å²) in [4.78, 5) is 0. The average Bonchev–Trinajstić information content (AvgIpc) is 3.19. The summed E-state index contributed by atoms with van der Waals surface area (Å²) < 4.78 is 0. The van der Waals surface area contributed by atoms with Gasteiger partial charge in [-0.1, -0.05) is 158 Å². The Bertz CT molecular complexity index is 2860. The second-order valence-corrected chi connectivity index (χ2v) is 13.8. The first-order valence-electron chi connectivity index (χ1n) is 17.9. The zero-order valence-corrected chi connectivity index (χ0v) is 28.0. The topological polar surface area (TPSA) is 0 Å². The fraction of sp³-hybridized carbons (Fsp3) is 0.0800. The maximum atomic E-state index is 2.48. The highest BCUT2D eigenvalue weighted by Gasteiger charge is 2.21. The Kier molecular flexibility index (Phi) is 6.88. The molecule has 0 amide bonds. The zero-order valence-electron chi connectivity index (χ0n) is 28.0. The van der Waals surface area contributed by atoms with Crippen molar-refractivity contribution in [3.05, 3.63) is 185 Å². The fourth-order valence-corrected chi connectivity index (χ4v) is 8.71. The fourth-order valence-electron chi connectivity index (χ4n) is 8.71. The summed E-state index contributed by atoms with van der Waals surface area (Å²) >= 11 is 0. The SMILES string of the molecule is C1=C(C2=c3ccccc3=CCC2)CCC(c2c3ccccc3c(-c3ccc4ccccc4c3)c3ccc(-c4cccc5ccccc45)cc23)=C1. The van der Waals surface area contributed by atoms with Gasteiger partial charge in [0.2, 0.25) is 0 Å². The van der Waals surface area contributed by atoms with Crippen molar-refractivity contribution in [3.8, 4) is 22.3 Å². The highest BCUT2D eigenvalue weighted by molar-refractivity contribution is 6.20. The summed E-state index contributed by atoms with van der Waals surface area (Å²) in [6, 6.07) is 56.3. The van der Waals surface area contributed by atoms with Gasteiger partial charge < -0.3 is 0 Å². The number of allylic oxidation sites excluding steroid dienone is 4. The van der Waals surface area contributed by atoms with Crippen molar-refractivity contribution in [1.82, 2.24) is 0 Å². The van der Waals surface area contributed by atoms with E-state index in [9.17, 15) is 0 Å². The molecule has 8 aromatic rings. The molecule has 50 heavy (non-hydrogen) atoms. The van der Waals surface area contributed by atoms with Gasteiger partial charge in [-0.3, -0.25) is 0 Å². The van der Waals surface area contributed by atoms with Crippen molar-refractivity contribution >= 4 is 60.3 Å². The molecule has 0 nitrogen and oxygen atoms in total. The summed E-state index contributed by atoms with van der Waals surface area (Å²) in [5, 5.41) is 13.2. The molecule has 0 spiro atoms. The molecule has 0 radical (unpaired) electrons. The molecule has 0 bridgehead atoms. The van der Waals surface area contributed by atoms with Crippen LogP contribution in [0.4, 0.5) is 0 Å². The normalized spacial score (nSPS) is 14.4. The van der Waals surface area contributed by atoms with Crippen LogP contribution in [-0.2, 0) is 0 Å². The molecule has 0 atom stereocenters. The number of hydrogen-bond acceptors (Lipinski definition) is 0. The molecule has 0 N–H and O–H groups in total. The number of rotatable bonds is 4. The van der Waals surface area contributed by atoms with Crippen molar-refractivity contribution in [1.29, 1.82) is 0 Å². The van der Waals surface area contributed by atoms with E-state index in [2.05, 4.69) is 170 Å². The van der Waals surface area contributed by atoms with E-state index in [0.29, 0.717) is 0 Å². The minimum absolute atomic E-state index is 1.02. The van der Waals surface area contributed by atoms with E-state index < -0.39 is 0 Å². The van der Waals surface area contributed by atoms with Gasteiger partial charge in [-0.2, -0.15) is 0 Å². The van der Waals surface area contributed by atoms with E-state index in [1.54, 1.807) is 0 Å². The third-order valence-corrected chi connectivity index (χ3v) is 11.1. The van der Waals surface area contributed by atoms with Gasteiger partial charge in [0.05, 0.1) is 0 Å². The van der Waals surface area contributed by atoms with Crippen molar-refractivity contribution in [2.75, 3.05) is 0 Å². The quantitative estimate of drug-likeness (QED) is 0.169. The Hall–Kier alpha value is -5.98. The third kappa shape index (κ3) is 4.75. The molecule has 2 aliphatic carbocycles. The van der Waals surface area contributed by atoms with Gasteiger partial charge >= 0.3 is 0 Å². The molecule has 0 heteroatoms. The first kappa shape index (κ1) is 29.0. The Morgan fingerprint density at radius 3 is 1.90 bits per heavy atom. The molecular formula is C50H36. The van der Waals surface area contributed by atoms with Gasteiger partial charge in [0.25, 0.3) is 0 Å². The molecule has 10 rings (SSSR count). The van der Waals surface area contributed by atoms with Crippen LogP contribution in [0, 0.1) is 0 Å². The van der Waals surface area contributed by atoms with Crippen LogP contribution in [0.5, 0.6) is 0 Å². The molecular weight excluding hydrogens is 601 g/mol. The van der Waals surface area contributed by atoms with Crippen molar-refractivity contribution in [2.24, 2.45) is 0 Å². The number of hydrogen-bond donors (Lipinski definition) is 0. The number of benzene rings is 8. The van der Waals surface area contributed by atoms with Gasteiger partial charge in [-0.05, 0) is 136 Å². The lowest BCUT2D eigenvalue weighted by atomic mass is 9.80. The van der Waals surface area contributed by atoms with Crippen LogP contribution >= 0.6 is 0 Å². The first-order valence-corrected chi connectivity index (χ1v) is 17.9. The maximum Gasteiger partial charge on any atom is -0.00261 e. The molecule has 2 aliphatic rings. The number of fused-ring (bicyclic) bond motifs is 5. The molecule has 236 valence electrons. The van der Waals surface area contributed by atoms with E-state index in [1.165, 1.54) is 98.1 Å². The van der Waals surface area contributed by atoms with Crippen LogP contribution in [0.3, 0.4) is 0 Å². The smallest absolute Gasteiger partial charge is 0.00261 e. The van der Waals surface area contributed by atoms with E-state index in [-0.39, 0.29) is 0 Å². The third-order valence-electron chi connectivity index (χ3n) is 11.1. The van der Waals surface area contributed by atoms with Crippen molar-refractivity contribution in [2.45, 2.75) is 25.7 Å². The minimum Gasteiger partial charge on any atom is -0.0763 e. The van der Waals surface area contributed by atoms with Crippen molar-refractivity contribution < 1.29 is 0 Å². The molecule has 0 aliphatic heterocycles. The molecule has 0 fully saturated rings. The van der Waals surface area contributed by atoms with Gasteiger partial charge in [0.1, 0.15) is 0 Å². The monoisotopic (exact) mass is 636 g/mol. The highest BCUT2D eigenvalue weighted by Crippen LogP contribution is 2.46. The van der Waals surface area contributed by atoms with Crippen LogP contribution in [0.25, 0.3) is 82.6 Å². The second-order valence-electron chi connectivity index (χ2n) is 13.8. The molecule has 0 aromatic heterocycles. The lowest BCUT2D eigenvalue weighted by Gasteiger charge is -2.23. The predicted molar refractivity (Wildman–Crippen MR) is 215 cm³/mol. The summed E-state index contributed by atoms with van der Waals surface area (Å²) in [7, 11) is 0. The van der Waals surface area contributed by atoms with E-state index in [1.807, 2.05) is 0 Å². The van der Waals surface area contributed by atoms with E-state index >= 15 is 0 Å². The predicted octanol–water partition coefficient (Wildman–Crippen LogP) is 12.2. The second kappa shape index (κ2) is 11.9. The van der Waals surface area contributed by atoms with Crippen LogP contribution < -0.4 is 10.4 Å². The summed E-state index contributed by atoms with van der Waals surface area (Å²) in [5.41, 5.74) is 10.9. The molecule has 0 saturated carbocycles. The van der Waals surface area contributed by atoms with Crippen LogP contribution in [-0.4, -0.2) is 0 Å². The zero-order chi connectivity index (χ0) is 33.0. The molecule has 0 saturated heterocycles. The van der Waals surface area contributed by atoms with Gasteiger partial charge in [0, 0.05) is 0 Å². The lowest BCUT2D eigenvalue weighted by molar-refractivity contribution is 0.972. The van der Waals surface area contributed by atoms with Gasteiger partial charge in [-0.15, -0.1) is 0 Å².